The standard InChI is InChI=1S/C43H36N2O4S/c1-5-43(6-2)39-23-27(28-7-8-29-21-36(50-41(29)24-28)22-30(26-44)42(46)47)9-19-37(39)38-20-14-33(25-40(38)43)45(31-10-15-34(48-3)16-11-31)32-12-17-35(49-4)18-13-32/h7-25H,5-6H2,1-4H3,(H,46,47)/b30-22+. The molecule has 0 radical (unpaired) electrons. The summed E-state index contributed by atoms with van der Waals surface area (Å²) in [7, 11) is 3.36. The first-order chi connectivity index (χ1) is 24.3. The van der Waals surface area contributed by atoms with E-state index in [1.165, 1.54) is 39.7 Å². The second kappa shape index (κ2) is 13.2. The predicted molar refractivity (Wildman–Crippen MR) is 203 cm³/mol. The number of carbonyl (C=O) groups is 1. The molecule has 5 aromatic carbocycles. The lowest BCUT2D eigenvalue weighted by Crippen LogP contribution is -2.23. The fourth-order valence-electron chi connectivity index (χ4n) is 7.31. The van der Waals surface area contributed by atoms with E-state index in [9.17, 15) is 15.2 Å². The Labute approximate surface area is 296 Å². The molecule has 1 aromatic heterocycles. The number of carboxylic acid groups (broad SMARTS) is 1. The van der Waals surface area contributed by atoms with E-state index < -0.39 is 5.97 Å². The van der Waals surface area contributed by atoms with Crippen LogP contribution in [0.4, 0.5) is 17.1 Å². The first kappa shape index (κ1) is 32.7. The van der Waals surface area contributed by atoms with Crippen LogP contribution in [0.3, 0.4) is 0 Å². The summed E-state index contributed by atoms with van der Waals surface area (Å²) >= 11 is 1.49. The quantitative estimate of drug-likeness (QED) is 0.115. The number of ether oxygens (including phenoxy) is 2. The number of thiophene rings is 1. The van der Waals surface area contributed by atoms with Gasteiger partial charge in [-0.05, 0) is 137 Å². The summed E-state index contributed by atoms with van der Waals surface area (Å²) in [5, 5.41) is 19.6. The van der Waals surface area contributed by atoms with Crippen molar-refractivity contribution < 1.29 is 19.4 Å². The molecule has 0 spiro atoms. The molecule has 1 N–H and O–H groups in total. The molecule has 0 fully saturated rings. The molecule has 0 atom stereocenters. The minimum Gasteiger partial charge on any atom is -0.497 e. The van der Waals surface area contributed by atoms with Crippen LogP contribution in [0.1, 0.15) is 42.7 Å². The lowest BCUT2D eigenvalue weighted by atomic mass is 9.73. The first-order valence-electron chi connectivity index (χ1n) is 16.6. The van der Waals surface area contributed by atoms with Crippen LogP contribution in [0.15, 0.2) is 115 Å². The van der Waals surface area contributed by atoms with Crippen LogP contribution in [0.2, 0.25) is 0 Å². The van der Waals surface area contributed by atoms with E-state index in [1.54, 1.807) is 20.3 Å². The van der Waals surface area contributed by atoms with Crippen molar-refractivity contribution in [1.29, 1.82) is 5.26 Å². The van der Waals surface area contributed by atoms with Crippen molar-refractivity contribution >= 4 is 50.5 Å². The zero-order valence-corrected chi connectivity index (χ0v) is 29.2. The Hall–Kier alpha value is -5.84. The summed E-state index contributed by atoms with van der Waals surface area (Å²) in [6, 6.07) is 40.0. The fraction of sp³-hybridized carbons (Fsp3) is 0.163. The second-order valence-electron chi connectivity index (χ2n) is 12.4. The van der Waals surface area contributed by atoms with Crippen LogP contribution >= 0.6 is 11.3 Å². The van der Waals surface area contributed by atoms with Crippen LogP contribution in [-0.2, 0) is 10.2 Å². The van der Waals surface area contributed by atoms with Crippen LogP contribution in [0.25, 0.3) is 38.4 Å². The average Bonchev–Trinajstić information content (AvgIpc) is 3.69. The predicted octanol–water partition coefficient (Wildman–Crippen LogP) is 11.1. The maximum absolute atomic E-state index is 11.4. The number of fused-ring (bicyclic) bond motifs is 4. The average molecular weight is 677 g/mol. The van der Waals surface area contributed by atoms with Crippen LogP contribution in [0.5, 0.6) is 11.5 Å². The Morgan fingerprint density at radius 2 is 1.30 bits per heavy atom. The third kappa shape index (κ3) is 5.58. The highest BCUT2D eigenvalue weighted by atomic mass is 32.1. The van der Waals surface area contributed by atoms with E-state index >= 15 is 0 Å². The number of anilines is 3. The van der Waals surface area contributed by atoms with Crippen molar-refractivity contribution in [3.63, 3.8) is 0 Å². The van der Waals surface area contributed by atoms with Gasteiger partial charge in [-0.2, -0.15) is 5.26 Å². The van der Waals surface area contributed by atoms with Gasteiger partial charge in [0.2, 0.25) is 0 Å². The normalized spacial score (nSPS) is 13.0. The van der Waals surface area contributed by atoms with Crippen molar-refractivity contribution in [2.24, 2.45) is 0 Å². The molecule has 7 heteroatoms. The minimum atomic E-state index is -1.22. The maximum Gasteiger partial charge on any atom is 0.346 e. The second-order valence-corrected chi connectivity index (χ2v) is 13.5. The van der Waals surface area contributed by atoms with Crippen molar-refractivity contribution in [2.45, 2.75) is 32.1 Å². The number of methoxy groups -OCH3 is 2. The summed E-state index contributed by atoms with van der Waals surface area (Å²) in [5.41, 5.74) is 10.1. The molecule has 1 aliphatic rings. The number of carboxylic acids is 1. The molecule has 0 amide bonds. The highest BCUT2D eigenvalue weighted by Gasteiger charge is 2.41. The van der Waals surface area contributed by atoms with E-state index in [0.717, 1.165) is 67.5 Å². The Bertz CT molecular complexity index is 2260. The topological polar surface area (TPSA) is 82.8 Å². The summed E-state index contributed by atoms with van der Waals surface area (Å²) in [4.78, 5) is 14.4. The van der Waals surface area contributed by atoms with E-state index in [4.69, 9.17) is 9.47 Å². The molecule has 248 valence electrons. The van der Waals surface area contributed by atoms with Gasteiger partial charge in [0.05, 0.1) is 14.2 Å². The molecule has 0 bridgehead atoms. The maximum atomic E-state index is 11.4. The van der Waals surface area contributed by atoms with Crippen LogP contribution in [-0.4, -0.2) is 25.3 Å². The highest BCUT2D eigenvalue weighted by molar-refractivity contribution is 7.19. The summed E-state index contributed by atoms with van der Waals surface area (Å²) < 4.78 is 12.0. The molecule has 0 saturated carbocycles. The zero-order valence-electron chi connectivity index (χ0n) is 28.4. The molecule has 6 aromatic rings. The zero-order chi connectivity index (χ0) is 35.0. The van der Waals surface area contributed by atoms with E-state index in [2.05, 4.69) is 97.6 Å². The summed E-state index contributed by atoms with van der Waals surface area (Å²) in [6.45, 7) is 4.57. The van der Waals surface area contributed by atoms with E-state index in [0.29, 0.717) is 0 Å². The van der Waals surface area contributed by atoms with Crippen molar-refractivity contribution in [1.82, 2.24) is 0 Å². The molecule has 7 rings (SSSR count). The van der Waals surface area contributed by atoms with Crippen molar-refractivity contribution in [2.75, 3.05) is 19.1 Å². The lowest BCUT2D eigenvalue weighted by molar-refractivity contribution is -0.132. The molecular formula is C43H36N2O4S. The van der Waals surface area contributed by atoms with Gasteiger partial charge in [-0.15, -0.1) is 11.3 Å². The number of rotatable bonds is 10. The third-order valence-electron chi connectivity index (χ3n) is 9.98. The number of nitriles is 1. The molecule has 6 nitrogen and oxygen atoms in total. The number of hydrogen-bond acceptors (Lipinski definition) is 6. The third-order valence-corrected chi connectivity index (χ3v) is 11.0. The van der Waals surface area contributed by atoms with Gasteiger partial charge in [-0.1, -0.05) is 44.2 Å². The van der Waals surface area contributed by atoms with Crippen LogP contribution < -0.4 is 14.4 Å². The van der Waals surface area contributed by atoms with Crippen LogP contribution in [0, 0.1) is 11.3 Å². The van der Waals surface area contributed by atoms with Gasteiger partial charge in [0.15, 0.2) is 0 Å². The van der Waals surface area contributed by atoms with Gasteiger partial charge >= 0.3 is 5.97 Å². The van der Waals surface area contributed by atoms with Gasteiger partial charge in [-0.25, -0.2) is 4.79 Å². The minimum absolute atomic E-state index is 0.169. The molecule has 0 aliphatic heterocycles. The molecule has 1 heterocycles. The number of benzene rings is 5. The summed E-state index contributed by atoms with van der Waals surface area (Å²) in [5.74, 6) is 0.393. The van der Waals surface area contributed by atoms with Crippen molar-refractivity contribution in [3.05, 3.63) is 131 Å². The number of hydrogen-bond donors (Lipinski definition) is 1. The van der Waals surface area contributed by atoms with E-state index in [1.807, 2.05) is 30.3 Å². The Morgan fingerprint density at radius 3 is 1.86 bits per heavy atom. The molecular weight excluding hydrogens is 641 g/mol. The Morgan fingerprint density at radius 1 is 0.760 bits per heavy atom. The van der Waals surface area contributed by atoms with Gasteiger partial charge < -0.3 is 19.5 Å². The monoisotopic (exact) mass is 676 g/mol. The smallest absolute Gasteiger partial charge is 0.346 e. The fourth-order valence-corrected chi connectivity index (χ4v) is 8.36. The lowest BCUT2D eigenvalue weighted by Gasteiger charge is -2.32. The SMILES string of the molecule is CCC1(CC)c2cc(-c3ccc4cc(/C=C(\C#N)C(=O)O)sc4c3)ccc2-c2ccc(N(c3ccc(OC)cc3)c3ccc(OC)cc3)cc21. The van der Waals surface area contributed by atoms with E-state index in [-0.39, 0.29) is 11.0 Å². The first-order valence-corrected chi connectivity index (χ1v) is 17.4. The van der Waals surface area contributed by atoms with Crippen molar-refractivity contribution in [3.8, 4) is 39.8 Å². The summed E-state index contributed by atoms with van der Waals surface area (Å²) in [6.07, 6.45) is 3.34. The van der Waals surface area contributed by atoms with Gasteiger partial charge in [-0.3, -0.25) is 0 Å². The van der Waals surface area contributed by atoms with Gasteiger partial charge in [0, 0.05) is 32.1 Å². The molecule has 50 heavy (non-hydrogen) atoms. The Kier molecular flexibility index (Phi) is 8.65. The largest absolute Gasteiger partial charge is 0.497 e. The number of nitrogens with zero attached hydrogens (tertiary/aromatic N) is 2. The Balaban J connectivity index is 1.31. The van der Waals surface area contributed by atoms with Gasteiger partial charge in [0.25, 0.3) is 0 Å². The molecule has 1 aliphatic carbocycles. The molecule has 0 unspecified atom stereocenters. The molecule has 0 saturated heterocycles. The highest BCUT2D eigenvalue weighted by Crippen LogP contribution is 2.55. The number of aliphatic carboxylic acids is 1. The van der Waals surface area contributed by atoms with Gasteiger partial charge in [0.1, 0.15) is 23.1 Å².